The minimum atomic E-state index is -0.465. The zero-order valence-corrected chi connectivity index (χ0v) is 11.0. The molecule has 1 saturated heterocycles. The molecule has 1 aliphatic heterocycles. The molecule has 2 rings (SSSR count). The summed E-state index contributed by atoms with van der Waals surface area (Å²) in [4.78, 5) is 20.4. The second-order valence-corrected chi connectivity index (χ2v) is 4.42. The predicted octanol–water partition coefficient (Wildman–Crippen LogP) is 1.04. The first-order valence-corrected chi connectivity index (χ1v) is 6.13. The summed E-state index contributed by atoms with van der Waals surface area (Å²) in [5.74, 6) is 0.522. The van der Waals surface area contributed by atoms with Crippen molar-refractivity contribution in [1.29, 1.82) is 0 Å². The molecule has 1 atom stereocenters. The van der Waals surface area contributed by atoms with Gasteiger partial charge in [-0.3, -0.25) is 10.1 Å². The van der Waals surface area contributed by atoms with Crippen molar-refractivity contribution >= 4 is 17.3 Å². The van der Waals surface area contributed by atoms with Gasteiger partial charge in [-0.2, -0.15) is 0 Å². The molecule has 1 aromatic rings. The summed E-state index contributed by atoms with van der Waals surface area (Å²) in [5.41, 5.74) is -0.106. The van der Waals surface area contributed by atoms with Gasteiger partial charge in [0.2, 0.25) is 11.6 Å². The van der Waals surface area contributed by atoms with E-state index >= 15 is 0 Å². The number of nitrogens with zero attached hydrogens (tertiary/aromatic N) is 4. The average molecular weight is 267 g/mol. The van der Waals surface area contributed by atoms with Crippen molar-refractivity contribution in [3.8, 4) is 0 Å². The van der Waals surface area contributed by atoms with E-state index in [2.05, 4.69) is 15.3 Å². The molecular weight excluding hydrogens is 250 g/mol. The summed E-state index contributed by atoms with van der Waals surface area (Å²) in [6.07, 6.45) is 3.44. The topological polar surface area (TPSA) is 93.4 Å². The van der Waals surface area contributed by atoms with Crippen LogP contribution in [0.3, 0.4) is 0 Å². The Morgan fingerprint density at radius 3 is 3.00 bits per heavy atom. The molecule has 8 heteroatoms. The summed E-state index contributed by atoms with van der Waals surface area (Å²) in [5, 5.41) is 13.9. The highest BCUT2D eigenvalue weighted by Gasteiger charge is 2.27. The zero-order chi connectivity index (χ0) is 13.8. The quantitative estimate of drug-likeness (QED) is 0.629. The van der Waals surface area contributed by atoms with E-state index in [-0.39, 0.29) is 17.6 Å². The van der Waals surface area contributed by atoms with Crippen LogP contribution in [0, 0.1) is 10.1 Å². The molecule has 2 heterocycles. The number of ether oxygens (including phenoxy) is 1. The Kier molecular flexibility index (Phi) is 4.10. The first kappa shape index (κ1) is 13.5. The molecule has 0 aromatic carbocycles. The largest absolute Gasteiger partial charge is 0.376 e. The fraction of sp³-hybridized carbons (Fsp3) is 0.636. The lowest BCUT2D eigenvalue weighted by atomic mass is 10.2. The Hall–Kier alpha value is -1.96. The van der Waals surface area contributed by atoms with Gasteiger partial charge in [-0.15, -0.1) is 0 Å². The van der Waals surface area contributed by atoms with E-state index in [1.54, 1.807) is 19.0 Å². The van der Waals surface area contributed by atoms with Gasteiger partial charge < -0.3 is 15.0 Å². The summed E-state index contributed by atoms with van der Waals surface area (Å²) in [6.45, 7) is 1.34. The molecule has 1 aromatic heterocycles. The predicted molar refractivity (Wildman–Crippen MR) is 70.5 cm³/mol. The molecule has 0 amide bonds. The van der Waals surface area contributed by atoms with Crippen molar-refractivity contribution in [2.75, 3.05) is 37.5 Å². The standard InChI is InChI=1S/C11H17N5O3/c1-12-10-9(16(17)18)11(14-7-13-10)15(2)6-8-4-3-5-19-8/h7-8H,3-6H2,1-2H3,(H,12,13,14). The fourth-order valence-corrected chi connectivity index (χ4v) is 2.18. The maximum Gasteiger partial charge on any atom is 0.353 e. The van der Waals surface area contributed by atoms with Gasteiger partial charge in [0.15, 0.2) is 0 Å². The first-order valence-electron chi connectivity index (χ1n) is 6.13. The summed E-state index contributed by atoms with van der Waals surface area (Å²) < 4.78 is 5.53. The van der Waals surface area contributed by atoms with E-state index in [1.165, 1.54) is 6.33 Å². The van der Waals surface area contributed by atoms with Crippen molar-refractivity contribution in [2.24, 2.45) is 0 Å². The molecule has 104 valence electrons. The van der Waals surface area contributed by atoms with Crippen LogP contribution in [0.1, 0.15) is 12.8 Å². The van der Waals surface area contributed by atoms with Crippen molar-refractivity contribution < 1.29 is 9.66 Å². The third-order valence-corrected chi connectivity index (χ3v) is 3.09. The third-order valence-electron chi connectivity index (χ3n) is 3.09. The smallest absolute Gasteiger partial charge is 0.353 e. The van der Waals surface area contributed by atoms with Crippen molar-refractivity contribution in [1.82, 2.24) is 9.97 Å². The summed E-state index contributed by atoms with van der Waals surface area (Å²) in [6, 6.07) is 0. The van der Waals surface area contributed by atoms with Crippen molar-refractivity contribution in [3.63, 3.8) is 0 Å². The van der Waals surface area contributed by atoms with E-state index < -0.39 is 4.92 Å². The van der Waals surface area contributed by atoms with Gasteiger partial charge in [0.05, 0.1) is 11.0 Å². The van der Waals surface area contributed by atoms with E-state index in [9.17, 15) is 10.1 Å². The molecule has 1 aliphatic rings. The van der Waals surface area contributed by atoms with Crippen LogP contribution in [0.5, 0.6) is 0 Å². The Morgan fingerprint density at radius 1 is 1.63 bits per heavy atom. The van der Waals surface area contributed by atoms with Crippen molar-refractivity contribution in [3.05, 3.63) is 16.4 Å². The normalized spacial score (nSPS) is 18.3. The minimum absolute atomic E-state index is 0.106. The van der Waals surface area contributed by atoms with Crippen LogP contribution in [0.2, 0.25) is 0 Å². The molecule has 1 fully saturated rings. The highest BCUT2D eigenvalue weighted by molar-refractivity contribution is 5.69. The van der Waals surface area contributed by atoms with Crippen LogP contribution >= 0.6 is 0 Å². The van der Waals surface area contributed by atoms with E-state index in [0.29, 0.717) is 12.4 Å². The van der Waals surface area contributed by atoms with Crippen molar-refractivity contribution in [2.45, 2.75) is 18.9 Å². The van der Waals surface area contributed by atoms with Gasteiger partial charge in [-0.1, -0.05) is 0 Å². The number of anilines is 2. The molecule has 19 heavy (non-hydrogen) atoms. The lowest BCUT2D eigenvalue weighted by Gasteiger charge is -2.21. The molecule has 8 nitrogen and oxygen atoms in total. The van der Waals surface area contributed by atoms with Gasteiger partial charge in [-0.25, -0.2) is 9.97 Å². The fourth-order valence-electron chi connectivity index (χ4n) is 2.18. The van der Waals surface area contributed by atoms with Gasteiger partial charge in [0.1, 0.15) is 6.33 Å². The summed E-state index contributed by atoms with van der Waals surface area (Å²) in [7, 11) is 3.37. The second-order valence-electron chi connectivity index (χ2n) is 4.42. The third kappa shape index (κ3) is 2.90. The minimum Gasteiger partial charge on any atom is -0.376 e. The molecule has 0 saturated carbocycles. The van der Waals surface area contributed by atoms with Gasteiger partial charge in [0.25, 0.3) is 0 Å². The van der Waals surface area contributed by atoms with Crippen LogP contribution in [0.25, 0.3) is 0 Å². The number of nitrogens with one attached hydrogen (secondary N) is 1. The van der Waals surface area contributed by atoms with Gasteiger partial charge in [-0.05, 0) is 12.8 Å². The van der Waals surface area contributed by atoms with Crippen LogP contribution in [0.15, 0.2) is 6.33 Å². The maximum absolute atomic E-state index is 11.2. The molecule has 0 aliphatic carbocycles. The number of rotatable bonds is 5. The number of nitro groups is 1. The Bertz CT molecular complexity index is 462. The van der Waals surface area contributed by atoms with Crippen LogP contribution in [-0.2, 0) is 4.74 Å². The Labute approximate surface area is 110 Å². The number of hydrogen-bond donors (Lipinski definition) is 1. The molecular formula is C11H17N5O3. The van der Waals surface area contributed by atoms with Crippen LogP contribution in [-0.4, -0.2) is 48.2 Å². The number of aromatic nitrogens is 2. The first-order chi connectivity index (χ1) is 9.13. The molecule has 0 spiro atoms. The molecule has 0 bridgehead atoms. The van der Waals surface area contributed by atoms with Gasteiger partial charge >= 0.3 is 5.69 Å². The van der Waals surface area contributed by atoms with E-state index in [1.807, 2.05) is 0 Å². The highest BCUT2D eigenvalue weighted by atomic mass is 16.6. The number of likely N-dealkylation sites (N-methyl/N-ethyl adjacent to an activating group) is 1. The molecule has 1 N–H and O–H groups in total. The van der Waals surface area contributed by atoms with E-state index in [4.69, 9.17) is 4.74 Å². The average Bonchev–Trinajstić information content (AvgIpc) is 2.90. The zero-order valence-electron chi connectivity index (χ0n) is 11.0. The highest BCUT2D eigenvalue weighted by Crippen LogP contribution is 2.31. The van der Waals surface area contributed by atoms with E-state index in [0.717, 1.165) is 19.4 Å². The van der Waals surface area contributed by atoms with Crippen LogP contribution in [0.4, 0.5) is 17.3 Å². The lowest BCUT2D eigenvalue weighted by molar-refractivity contribution is -0.383. The SMILES string of the molecule is CNc1ncnc(N(C)CC2CCCO2)c1[N+](=O)[O-]. The second kappa shape index (κ2) is 5.79. The lowest BCUT2D eigenvalue weighted by Crippen LogP contribution is -2.30. The molecule has 0 radical (unpaired) electrons. The monoisotopic (exact) mass is 267 g/mol. The van der Waals surface area contributed by atoms with Gasteiger partial charge in [0, 0.05) is 27.2 Å². The Morgan fingerprint density at radius 2 is 2.42 bits per heavy atom. The molecule has 1 unspecified atom stereocenters. The summed E-state index contributed by atoms with van der Waals surface area (Å²) >= 11 is 0. The number of hydrogen-bond acceptors (Lipinski definition) is 7. The maximum atomic E-state index is 11.2. The van der Waals surface area contributed by atoms with Crippen LogP contribution < -0.4 is 10.2 Å². The Balaban J connectivity index is 2.24.